The molecule has 15 heteroatoms. The number of aromatic nitrogens is 2. The first-order chi connectivity index (χ1) is 19.8. The van der Waals surface area contributed by atoms with Crippen molar-refractivity contribution in [3.05, 3.63) is 42.1 Å². The maximum atomic E-state index is 14.1. The molecular formula is C27H35N4O10P. The molecular weight excluding hydrogens is 571 g/mol. The Kier molecular flexibility index (Phi) is 9.42. The first kappa shape index (κ1) is 31.6. The van der Waals surface area contributed by atoms with Crippen molar-refractivity contribution < 1.29 is 46.8 Å². The predicted octanol–water partition coefficient (Wildman–Crippen LogP) is 3.48. The Labute approximate surface area is 244 Å². The maximum absolute atomic E-state index is 14.1. The van der Waals surface area contributed by atoms with Crippen LogP contribution in [0.4, 0.5) is 0 Å². The summed E-state index contributed by atoms with van der Waals surface area (Å²) in [5, 5.41) is 13.1. The lowest BCUT2D eigenvalue weighted by Crippen LogP contribution is -2.46. The number of methoxy groups -OCH3 is 2. The molecule has 0 amide bonds. The molecule has 0 radical (unpaired) electrons. The van der Waals surface area contributed by atoms with E-state index >= 15 is 0 Å². The Hall–Kier alpha value is -3.31. The Balaban J connectivity index is 1.65. The third-order valence-corrected chi connectivity index (χ3v) is 7.95. The second-order valence-corrected chi connectivity index (χ2v) is 12.1. The molecule has 3 heterocycles. The zero-order valence-electron chi connectivity index (χ0n) is 24.4. The van der Waals surface area contributed by atoms with Crippen LogP contribution < -0.4 is 19.1 Å². The van der Waals surface area contributed by atoms with Crippen LogP contribution in [0.5, 0.6) is 17.6 Å². The van der Waals surface area contributed by atoms with Gasteiger partial charge in [-0.15, -0.1) is 0 Å². The minimum Gasteiger partial charge on any atom is -0.481 e. The minimum absolute atomic E-state index is 0.0686. The van der Waals surface area contributed by atoms with Gasteiger partial charge < -0.3 is 32.9 Å². The molecule has 1 N–H and O–H groups in total. The molecule has 2 aliphatic heterocycles. The minimum atomic E-state index is -4.33. The standard InChI is InChI=1S/C27H35N4O10P/c1-16(2)37-24(32)17(3)31-42(33,41-18-11-9-8-10-12-18)36-15-27(14-28)22-21(38-26(4,5)40-22)20(39-27)19-13-29-25(35-7)30-23(19)34-6/h8-13,16-17,20-22H,15H2,1-7H3,(H,31,33)/t17-,20-,21-,22-,27+,42-/m0/s1. The van der Waals surface area contributed by atoms with Crippen LogP contribution in [-0.4, -0.2) is 72.5 Å². The van der Waals surface area contributed by atoms with E-state index in [1.807, 2.05) is 0 Å². The molecule has 4 rings (SSSR count). The van der Waals surface area contributed by atoms with Gasteiger partial charge in [-0.2, -0.15) is 15.3 Å². The second-order valence-electron chi connectivity index (χ2n) is 10.4. The van der Waals surface area contributed by atoms with E-state index in [4.69, 9.17) is 37.5 Å². The lowest BCUT2D eigenvalue weighted by atomic mass is 9.95. The van der Waals surface area contributed by atoms with Crippen LogP contribution in [-0.2, 0) is 32.8 Å². The Morgan fingerprint density at radius 2 is 1.86 bits per heavy atom. The van der Waals surface area contributed by atoms with E-state index in [0.29, 0.717) is 5.56 Å². The molecule has 0 bridgehead atoms. The highest BCUT2D eigenvalue weighted by atomic mass is 31.2. The van der Waals surface area contributed by atoms with Crippen molar-refractivity contribution in [1.29, 1.82) is 5.26 Å². The lowest BCUT2D eigenvalue weighted by molar-refractivity contribution is -0.203. The number of esters is 1. The SMILES string of the molecule is COc1ncc([C@@H]2O[C@](C#N)(CO[P@@](=O)(N[C@@H](C)C(=O)OC(C)C)Oc3ccccc3)[C@H]3OC(C)(C)O[C@@H]23)c(OC)n1. The predicted molar refractivity (Wildman–Crippen MR) is 146 cm³/mol. The second kappa shape index (κ2) is 12.5. The number of ether oxygens (including phenoxy) is 6. The number of nitriles is 1. The molecule has 228 valence electrons. The van der Waals surface area contributed by atoms with E-state index in [2.05, 4.69) is 21.1 Å². The fourth-order valence-corrected chi connectivity index (χ4v) is 6.06. The molecule has 1 aromatic carbocycles. The van der Waals surface area contributed by atoms with Crippen molar-refractivity contribution >= 4 is 13.7 Å². The summed E-state index contributed by atoms with van der Waals surface area (Å²) in [6.45, 7) is 7.63. The van der Waals surface area contributed by atoms with Crippen LogP contribution >= 0.6 is 7.75 Å². The monoisotopic (exact) mass is 606 g/mol. The van der Waals surface area contributed by atoms with Crippen molar-refractivity contribution in [1.82, 2.24) is 15.1 Å². The number of benzene rings is 1. The summed E-state index contributed by atoms with van der Waals surface area (Å²) in [6.07, 6.45) is -1.72. The summed E-state index contributed by atoms with van der Waals surface area (Å²) >= 11 is 0. The lowest BCUT2D eigenvalue weighted by Gasteiger charge is -2.31. The van der Waals surface area contributed by atoms with Crippen molar-refractivity contribution in [2.75, 3.05) is 20.8 Å². The molecule has 42 heavy (non-hydrogen) atoms. The summed E-state index contributed by atoms with van der Waals surface area (Å²) in [4.78, 5) is 20.9. The van der Waals surface area contributed by atoms with E-state index in [1.165, 1.54) is 27.3 Å². The largest absolute Gasteiger partial charge is 0.481 e. The topological polar surface area (TPSA) is 170 Å². The maximum Gasteiger partial charge on any atom is 0.459 e. The van der Waals surface area contributed by atoms with Crippen LogP contribution in [0.3, 0.4) is 0 Å². The molecule has 0 unspecified atom stereocenters. The highest BCUT2D eigenvalue weighted by Crippen LogP contribution is 2.53. The number of nitrogens with one attached hydrogen (secondary N) is 1. The van der Waals surface area contributed by atoms with Gasteiger partial charge in [0.1, 0.15) is 42.8 Å². The van der Waals surface area contributed by atoms with Crippen molar-refractivity contribution in [3.8, 4) is 23.7 Å². The van der Waals surface area contributed by atoms with Crippen LogP contribution in [0.2, 0.25) is 0 Å². The van der Waals surface area contributed by atoms with Crippen LogP contribution in [0, 0.1) is 11.3 Å². The Morgan fingerprint density at radius 3 is 2.48 bits per heavy atom. The van der Waals surface area contributed by atoms with Gasteiger partial charge in [-0.05, 0) is 46.8 Å². The van der Waals surface area contributed by atoms with Gasteiger partial charge in [0.25, 0.3) is 0 Å². The third kappa shape index (κ3) is 6.83. The van der Waals surface area contributed by atoms with Gasteiger partial charge in [-0.1, -0.05) is 18.2 Å². The summed E-state index contributed by atoms with van der Waals surface area (Å²) in [7, 11) is -1.50. The molecule has 0 aliphatic carbocycles. The molecule has 2 aromatic rings. The number of hydrogen-bond acceptors (Lipinski definition) is 13. The molecule has 2 aliphatic rings. The molecule has 1 aromatic heterocycles. The fourth-order valence-electron chi connectivity index (χ4n) is 4.54. The zero-order chi connectivity index (χ0) is 30.7. The van der Waals surface area contributed by atoms with E-state index in [1.54, 1.807) is 58.0 Å². The van der Waals surface area contributed by atoms with Crippen LogP contribution in [0.25, 0.3) is 0 Å². The van der Waals surface area contributed by atoms with Gasteiger partial charge >= 0.3 is 19.7 Å². The molecule has 2 fully saturated rings. The van der Waals surface area contributed by atoms with Gasteiger partial charge in [-0.3, -0.25) is 9.32 Å². The smallest absolute Gasteiger partial charge is 0.459 e. The highest BCUT2D eigenvalue weighted by Gasteiger charge is 2.65. The number of fused-ring (bicyclic) bond motifs is 1. The van der Waals surface area contributed by atoms with Gasteiger partial charge in [-0.25, -0.2) is 9.55 Å². The highest BCUT2D eigenvalue weighted by molar-refractivity contribution is 7.52. The quantitative estimate of drug-likeness (QED) is 0.275. The first-order valence-electron chi connectivity index (χ1n) is 13.2. The van der Waals surface area contributed by atoms with Crippen molar-refractivity contribution in [2.24, 2.45) is 0 Å². The van der Waals surface area contributed by atoms with Crippen LogP contribution in [0.15, 0.2) is 36.5 Å². The van der Waals surface area contributed by atoms with E-state index < -0.39 is 62.2 Å². The zero-order valence-corrected chi connectivity index (χ0v) is 25.3. The summed E-state index contributed by atoms with van der Waals surface area (Å²) in [5.74, 6) is -1.42. The summed E-state index contributed by atoms with van der Waals surface area (Å²) in [5.41, 5.74) is -1.47. The van der Waals surface area contributed by atoms with Gasteiger partial charge in [0, 0.05) is 6.20 Å². The Bertz CT molecular complexity index is 1350. The number of carbonyl (C=O) groups is 1. The van der Waals surface area contributed by atoms with E-state index in [-0.39, 0.29) is 17.6 Å². The van der Waals surface area contributed by atoms with Gasteiger partial charge in [0.15, 0.2) is 5.79 Å². The Morgan fingerprint density at radius 1 is 1.14 bits per heavy atom. The van der Waals surface area contributed by atoms with E-state index in [9.17, 15) is 14.6 Å². The summed E-state index contributed by atoms with van der Waals surface area (Å²) in [6, 6.07) is 9.36. The van der Waals surface area contributed by atoms with Crippen molar-refractivity contribution in [2.45, 2.75) is 76.5 Å². The molecule has 14 nitrogen and oxygen atoms in total. The van der Waals surface area contributed by atoms with Gasteiger partial charge in [0.2, 0.25) is 11.5 Å². The average molecular weight is 607 g/mol. The number of rotatable bonds is 12. The van der Waals surface area contributed by atoms with Crippen molar-refractivity contribution in [3.63, 3.8) is 0 Å². The average Bonchev–Trinajstić information content (AvgIpc) is 3.42. The number of para-hydroxylation sites is 1. The number of carbonyl (C=O) groups excluding carboxylic acids is 1. The van der Waals surface area contributed by atoms with Gasteiger partial charge in [0.05, 0.1) is 25.9 Å². The normalized spacial score (nSPS) is 26.5. The fraction of sp³-hybridized carbons (Fsp3) is 0.556. The third-order valence-electron chi connectivity index (χ3n) is 6.33. The molecule has 0 saturated carbocycles. The number of hydrogen-bond donors (Lipinski definition) is 1. The molecule has 6 atom stereocenters. The molecule has 2 saturated heterocycles. The van der Waals surface area contributed by atoms with Crippen LogP contribution in [0.1, 0.15) is 46.3 Å². The first-order valence-corrected chi connectivity index (χ1v) is 14.8. The molecule has 0 spiro atoms. The van der Waals surface area contributed by atoms with E-state index in [0.717, 1.165) is 0 Å². The number of nitrogens with zero attached hydrogens (tertiary/aromatic N) is 3. The summed E-state index contributed by atoms with van der Waals surface area (Å²) < 4.78 is 59.9.